The molecule has 0 aliphatic carbocycles. The molecule has 0 N–H and O–H groups in total. The summed E-state index contributed by atoms with van der Waals surface area (Å²) >= 11 is 3.63. The molecule has 0 atom stereocenters. The molecule has 5 heteroatoms. The standard InChI is InChI=1S/C15H20O3S2/c1-16-8-9-18-11-10-17-7-6-13-4-5-15(20-13)14-3-2-12-19-14/h2-5,12H,6-11H2,1H3. The van der Waals surface area contributed by atoms with Crippen LogP contribution in [0.5, 0.6) is 0 Å². The molecular formula is C15H20O3S2. The number of methoxy groups -OCH3 is 1. The molecule has 2 aromatic heterocycles. The maximum absolute atomic E-state index is 5.56. The van der Waals surface area contributed by atoms with Crippen molar-refractivity contribution in [3.8, 4) is 9.75 Å². The van der Waals surface area contributed by atoms with Gasteiger partial charge in [-0.1, -0.05) is 6.07 Å². The van der Waals surface area contributed by atoms with Crippen LogP contribution in [0.1, 0.15) is 4.88 Å². The fraction of sp³-hybridized carbons (Fsp3) is 0.467. The van der Waals surface area contributed by atoms with Gasteiger partial charge in [-0.25, -0.2) is 0 Å². The smallest absolute Gasteiger partial charge is 0.0701 e. The third kappa shape index (κ3) is 5.34. The molecule has 0 saturated heterocycles. The van der Waals surface area contributed by atoms with Crippen molar-refractivity contribution in [1.82, 2.24) is 0 Å². The summed E-state index contributed by atoms with van der Waals surface area (Å²) in [7, 11) is 1.67. The van der Waals surface area contributed by atoms with Gasteiger partial charge in [-0.05, 0) is 23.6 Å². The van der Waals surface area contributed by atoms with Gasteiger partial charge in [0.05, 0.1) is 33.0 Å². The van der Waals surface area contributed by atoms with E-state index in [4.69, 9.17) is 14.2 Å². The van der Waals surface area contributed by atoms with Crippen LogP contribution in [0.3, 0.4) is 0 Å². The van der Waals surface area contributed by atoms with Gasteiger partial charge in [0.2, 0.25) is 0 Å². The molecule has 2 rings (SSSR count). The van der Waals surface area contributed by atoms with Crippen LogP contribution < -0.4 is 0 Å². The summed E-state index contributed by atoms with van der Waals surface area (Å²) in [6.45, 7) is 3.30. The van der Waals surface area contributed by atoms with Crippen LogP contribution in [-0.4, -0.2) is 40.1 Å². The summed E-state index contributed by atoms with van der Waals surface area (Å²) in [5.74, 6) is 0. The van der Waals surface area contributed by atoms with E-state index < -0.39 is 0 Å². The number of thiophene rings is 2. The lowest BCUT2D eigenvalue weighted by Gasteiger charge is -2.04. The van der Waals surface area contributed by atoms with Crippen molar-refractivity contribution in [2.45, 2.75) is 6.42 Å². The summed E-state index contributed by atoms with van der Waals surface area (Å²) in [6.07, 6.45) is 0.966. The molecule has 110 valence electrons. The Hall–Kier alpha value is -0.720. The van der Waals surface area contributed by atoms with Crippen molar-refractivity contribution >= 4 is 22.7 Å². The molecule has 0 aromatic carbocycles. The number of hydrogen-bond acceptors (Lipinski definition) is 5. The largest absolute Gasteiger partial charge is 0.382 e. The maximum atomic E-state index is 5.56. The zero-order valence-corrected chi connectivity index (χ0v) is 13.3. The Balaban J connectivity index is 1.58. The van der Waals surface area contributed by atoms with Crippen LogP contribution in [0.4, 0.5) is 0 Å². The van der Waals surface area contributed by atoms with Gasteiger partial charge in [-0.2, -0.15) is 0 Å². The molecule has 0 fully saturated rings. The summed E-state index contributed by atoms with van der Waals surface area (Å²) in [4.78, 5) is 4.06. The van der Waals surface area contributed by atoms with E-state index in [0.29, 0.717) is 26.4 Å². The Morgan fingerprint density at radius 3 is 2.45 bits per heavy atom. The van der Waals surface area contributed by atoms with Gasteiger partial charge < -0.3 is 14.2 Å². The van der Waals surface area contributed by atoms with Gasteiger partial charge in [0.25, 0.3) is 0 Å². The number of rotatable bonds is 10. The van der Waals surface area contributed by atoms with Crippen molar-refractivity contribution in [3.05, 3.63) is 34.5 Å². The first-order chi connectivity index (χ1) is 9.90. The summed E-state index contributed by atoms with van der Waals surface area (Å²) in [5.41, 5.74) is 0. The fourth-order valence-electron chi connectivity index (χ4n) is 1.70. The molecule has 0 radical (unpaired) electrons. The molecule has 0 aliphatic rings. The Kier molecular flexibility index (Phi) is 7.25. The second kappa shape index (κ2) is 9.26. The maximum Gasteiger partial charge on any atom is 0.0701 e. The average Bonchev–Trinajstić information content (AvgIpc) is 3.12. The molecule has 0 spiro atoms. The first kappa shape index (κ1) is 15.7. The molecule has 0 amide bonds. The minimum Gasteiger partial charge on any atom is -0.382 e. The normalized spacial score (nSPS) is 11.1. The Labute approximate surface area is 128 Å². The Bertz CT molecular complexity index is 465. The highest BCUT2D eigenvalue weighted by Crippen LogP contribution is 2.31. The minimum atomic E-state index is 0.633. The van der Waals surface area contributed by atoms with Gasteiger partial charge in [0.1, 0.15) is 0 Å². The van der Waals surface area contributed by atoms with Crippen molar-refractivity contribution in [2.75, 3.05) is 40.1 Å². The molecule has 0 bridgehead atoms. The van der Waals surface area contributed by atoms with E-state index in [1.54, 1.807) is 18.4 Å². The number of ether oxygens (including phenoxy) is 3. The third-order valence-corrected chi connectivity index (χ3v) is 4.93. The summed E-state index contributed by atoms with van der Waals surface area (Å²) in [6, 6.07) is 8.64. The second-order valence-electron chi connectivity index (χ2n) is 4.21. The van der Waals surface area contributed by atoms with Gasteiger partial charge in [-0.3, -0.25) is 0 Å². The molecule has 0 unspecified atom stereocenters. The topological polar surface area (TPSA) is 27.7 Å². The molecule has 0 aliphatic heterocycles. The summed E-state index contributed by atoms with van der Waals surface area (Å²) < 4.78 is 15.8. The highest BCUT2D eigenvalue weighted by atomic mass is 32.1. The van der Waals surface area contributed by atoms with Gasteiger partial charge >= 0.3 is 0 Å². The zero-order valence-electron chi connectivity index (χ0n) is 11.7. The van der Waals surface area contributed by atoms with E-state index in [9.17, 15) is 0 Å². The molecule has 20 heavy (non-hydrogen) atoms. The highest BCUT2D eigenvalue weighted by molar-refractivity contribution is 7.21. The lowest BCUT2D eigenvalue weighted by atomic mass is 10.3. The lowest BCUT2D eigenvalue weighted by Crippen LogP contribution is -2.09. The predicted octanol–water partition coefficient (Wildman–Crippen LogP) is 3.70. The van der Waals surface area contributed by atoms with Crippen molar-refractivity contribution in [2.24, 2.45) is 0 Å². The van der Waals surface area contributed by atoms with E-state index in [2.05, 4.69) is 29.6 Å². The van der Waals surface area contributed by atoms with Crippen molar-refractivity contribution in [3.63, 3.8) is 0 Å². The average molecular weight is 312 g/mol. The molecule has 2 aromatic rings. The van der Waals surface area contributed by atoms with Crippen LogP contribution in [0.15, 0.2) is 29.6 Å². The van der Waals surface area contributed by atoms with Crippen LogP contribution in [0.2, 0.25) is 0 Å². The molecule has 0 saturated carbocycles. The predicted molar refractivity (Wildman–Crippen MR) is 84.9 cm³/mol. The first-order valence-electron chi connectivity index (χ1n) is 6.67. The Morgan fingerprint density at radius 1 is 0.900 bits per heavy atom. The van der Waals surface area contributed by atoms with E-state index in [0.717, 1.165) is 13.0 Å². The summed E-state index contributed by atoms with van der Waals surface area (Å²) in [5, 5.41) is 2.11. The number of hydrogen-bond donors (Lipinski definition) is 0. The fourth-order valence-corrected chi connectivity index (χ4v) is 3.52. The van der Waals surface area contributed by atoms with Gasteiger partial charge in [0, 0.05) is 28.2 Å². The van der Waals surface area contributed by atoms with Crippen LogP contribution in [0.25, 0.3) is 9.75 Å². The van der Waals surface area contributed by atoms with Crippen molar-refractivity contribution < 1.29 is 14.2 Å². The monoisotopic (exact) mass is 312 g/mol. The molecule has 3 nitrogen and oxygen atoms in total. The van der Waals surface area contributed by atoms with Gasteiger partial charge in [-0.15, -0.1) is 22.7 Å². The van der Waals surface area contributed by atoms with E-state index in [1.165, 1.54) is 14.6 Å². The second-order valence-corrected chi connectivity index (χ2v) is 6.33. The lowest BCUT2D eigenvalue weighted by molar-refractivity contribution is 0.0257. The van der Waals surface area contributed by atoms with Crippen LogP contribution in [-0.2, 0) is 20.6 Å². The zero-order chi connectivity index (χ0) is 14.0. The Morgan fingerprint density at radius 2 is 1.70 bits per heavy atom. The van der Waals surface area contributed by atoms with Gasteiger partial charge in [0.15, 0.2) is 0 Å². The molecular weight excluding hydrogens is 292 g/mol. The minimum absolute atomic E-state index is 0.633. The van der Waals surface area contributed by atoms with Crippen molar-refractivity contribution in [1.29, 1.82) is 0 Å². The first-order valence-corrected chi connectivity index (χ1v) is 8.37. The highest BCUT2D eigenvalue weighted by Gasteiger charge is 2.03. The quantitative estimate of drug-likeness (QED) is 0.626. The van der Waals surface area contributed by atoms with Crippen LogP contribution in [0, 0.1) is 0 Å². The SMILES string of the molecule is COCCOCCOCCc1ccc(-c2cccs2)s1. The third-order valence-electron chi connectivity index (χ3n) is 2.72. The van der Waals surface area contributed by atoms with E-state index in [-0.39, 0.29) is 0 Å². The molecule has 2 heterocycles. The van der Waals surface area contributed by atoms with Crippen LogP contribution >= 0.6 is 22.7 Å². The van der Waals surface area contributed by atoms with E-state index in [1.807, 2.05) is 11.3 Å². The van der Waals surface area contributed by atoms with E-state index >= 15 is 0 Å².